The summed E-state index contributed by atoms with van der Waals surface area (Å²) in [4.78, 5) is 14.6. The molecule has 6 heteroatoms. The second-order valence-corrected chi connectivity index (χ2v) is 6.98. The minimum Gasteiger partial charge on any atom is -0.465 e. The summed E-state index contributed by atoms with van der Waals surface area (Å²) in [6.07, 6.45) is 8.92. The molecule has 0 saturated carbocycles. The zero-order valence-electron chi connectivity index (χ0n) is 15.3. The highest BCUT2D eigenvalue weighted by atomic mass is 16.3. The van der Waals surface area contributed by atoms with Crippen molar-refractivity contribution >= 4 is 6.08 Å². The fourth-order valence-corrected chi connectivity index (χ4v) is 3.65. The molecule has 3 aromatic rings. The van der Waals surface area contributed by atoms with Crippen molar-refractivity contribution < 1.29 is 4.42 Å². The van der Waals surface area contributed by atoms with E-state index in [2.05, 4.69) is 21.2 Å². The third-order valence-corrected chi connectivity index (χ3v) is 5.12. The first-order valence-corrected chi connectivity index (χ1v) is 9.44. The molecule has 27 heavy (non-hydrogen) atoms. The van der Waals surface area contributed by atoms with Gasteiger partial charge in [0, 0.05) is 13.0 Å². The maximum atomic E-state index is 12.2. The van der Waals surface area contributed by atoms with Gasteiger partial charge in [-0.3, -0.25) is 4.90 Å². The first kappa shape index (κ1) is 17.5. The molecular weight excluding hydrogens is 340 g/mol. The Morgan fingerprint density at radius 1 is 1.15 bits per heavy atom. The second kappa shape index (κ2) is 8.22. The fourth-order valence-electron chi connectivity index (χ4n) is 3.65. The summed E-state index contributed by atoms with van der Waals surface area (Å²) < 4.78 is 7.01. The molecule has 6 nitrogen and oxygen atoms in total. The van der Waals surface area contributed by atoms with Gasteiger partial charge in [0.2, 0.25) is 0 Å². The summed E-state index contributed by atoms with van der Waals surface area (Å²) in [5.74, 6) is 2.26. The third-order valence-electron chi connectivity index (χ3n) is 5.12. The number of likely N-dealkylation sites (tertiary alicyclic amines) is 1. The van der Waals surface area contributed by atoms with Crippen molar-refractivity contribution in [3.05, 3.63) is 76.9 Å². The predicted molar refractivity (Wildman–Crippen MR) is 105 cm³/mol. The Balaban J connectivity index is 1.33. The summed E-state index contributed by atoms with van der Waals surface area (Å²) >= 11 is 0. The highest BCUT2D eigenvalue weighted by molar-refractivity contribution is 5.42. The van der Waals surface area contributed by atoms with Crippen LogP contribution >= 0.6 is 0 Å². The number of nitrogens with one attached hydrogen (secondary N) is 1. The SMILES string of the molecule is O=c1[nH]nc(CC2CCN(C/C=C/c3ccco3)CC2)n1-c1ccccc1. The van der Waals surface area contributed by atoms with Gasteiger partial charge in [0.25, 0.3) is 0 Å². The topological polar surface area (TPSA) is 67.1 Å². The molecule has 1 aromatic carbocycles. The van der Waals surface area contributed by atoms with Gasteiger partial charge in [0.15, 0.2) is 0 Å². The summed E-state index contributed by atoms with van der Waals surface area (Å²) in [5.41, 5.74) is 0.698. The molecule has 1 fully saturated rings. The molecular formula is C21H24N4O2. The van der Waals surface area contributed by atoms with Crippen LogP contribution in [0.2, 0.25) is 0 Å². The standard InChI is InChI=1S/C21H24N4O2/c26-21-23-22-20(25(21)18-6-2-1-3-7-18)16-17-10-13-24(14-11-17)12-4-8-19-9-5-15-27-19/h1-9,15,17H,10-14,16H2,(H,23,26)/b8-4+. The summed E-state index contributed by atoms with van der Waals surface area (Å²) in [6.45, 7) is 3.06. The van der Waals surface area contributed by atoms with E-state index in [0.29, 0.717) is 5.92 Å². The molecule has 1 saturated heterocycles. The van der Waals surface area contributed by atoms with Crippen LogP contribution in [0.1, 0.15) is 24.4 Å². The van der Waals surface area contributed by atoms with E-state index in [4.69, 9.17) is 4.42 Å². The number of aromatic amines is 1. The van der Waals surface area contributed by atoms with Crippen LogP contribution in [0.4, 0.5) is 0 Å². The number of aromatic nitrogens is 3. The lowest BCUT2D eigenvalue weighted by Gasteiger charge is -2.30. The largest absolute Gasteiger partial charge is 0.465 e. The number of benzene rings is 1. The number of para-hydroxylation sites is 1. The average molecular weight is 364 g/mol. The van der Waals surface area contributed by atoms with E-state index in [0.717, 1.165) is 56.2 Å². The minimum atomic E-state index is -0.170. The lowest BCUT2D eigenvalue weighted by molar-refractivity contribution is 0.199. The zero-order valence-corrected chi connectivity index (χ0v) is 15.3. The summed E-state index contributed by atoms with van der Waals surface area (Å²) in [6, 6.07) is 13.6. The molecule has 1 aliphatic rings. The number of furan rings is 1. The molecule has 0 aliphatic carbocycles. The number of hydrogen-bond donors (Lipinski definition) is 1. The Kier molecular flexibility index (Phi) is 5.34. The normalized spacial score (nSPS) is 16.3. The number of hydrogen-bond acceptors (Lipinski definition) is 4. The van der Waals surface area contributed by atoms with Crippen molar-refractivity contribution in [3.63, 3.8) is 0 Å². The Morgan fingerprint density at radius 3 is 2.70 bits per heavy atom. The monoisotopic (exact) mass is 364 g/mol. The minimum absolute atomic E-state index is 0.170. The average Bonchev–Trinajstić information content (AvgIpc) is 3.34. The van der Waals surface area contributed by atoms with Crippen LogP contribution in [0.15, 0.2) is 64.0 Å². The molecule has 4 rings (SSSR count). The number of nitrogens with zero attached hydrogens (tertiary/aromatic N) is 3. The number of piperidine rings is 1. The lowest BCUT2D eigenvalue weighted by atomic mass is 9.93. The smallest absolute Gasteiger partial charge is 0.347 e. The Morgan fingerprint density at radius 2 is 1.96 bits per heavy atom. The van der Waals surface area contributed by atoms with Crippen LogP contribution in [0, 0.1) is 5.92 Å². The van der Waals surface area contributed by atoms with Gasteiger partial charge in [0.05, 0.1) is 12.0 Å². The van der Waals surface area contributed by atoms with Gasteiger partial charge in [0.1, 0.15) is 11.6 Å². The Bertz CT molecular complexity index is 917. The molecule has 0 radical (unpaired) electrons. The van der Waals surface area contributed by atoms with Crippen LogP contribution in [0.3, 0.4) is 0 Å². The van der Waals surface area contributed by atoms with E-state index in [1.165, 1.54) is 0 Å². The Hall–Kier alpha value is -2.86. The molecule has 0 bridgehead atoms. The molecule has 140 valence electrons. The number of H-pyrrole nitrogens is 1. The molecule has 1 aliphatic heterocycles. The van der Waals surface area contributed by atoms with Crippen molar-refractivity contribution in [1.29, 1.82) is 0 Å². The maximum absolute atomic E-state index is 12.2. The molecule has 1 N–H and O–H groups in total. The van der Waals surface area contributed by atoms with Crippen molar-refractivity contribution in [1.82, 2.24) is 19.7 Å². The lowest BCUT2D eigenvalue weighted by Crippen LogP contribution is -2.34. The zero-order chi connectivity index (χ0) is 18.5. The number of rotatable bonds is 6. The molecule has 3 heterocycles. The van der Waals surface area contributed by atoms with Crippen LogP contribution < -0.4 is 5.69 Å². The highest BCUT2D eigenvalue weighted by Crippen LogP contribution is 2.21. The van der Waals surface area contributed by atoms with E-state index in [1.54, 1.807) is 10.8 Å². The van der Waals surface area contributed by atoms with Crippen molar-refractivity contribution in [2.45, 2.75) is 19.3 Å². The van der Waals surface area contributed by atoms with Gasteiger partial charge in [-0.2, -0.15) is 5.10 Å². The van der Waals surface area contributed by atoms with Crippen LogP contribution in [0.5, 0.6) is 0 Å². The summed E-state index contributed by atoms with van der Waals surface area (Å²) in [5, 5.41) is 6.88. The van der Waals surface area contributed by atoms with E-state index in [9.17, 15) is 4.79 Å². The van der Waals surface area contributed by atoms with E-state index in [-0.39, 0.29) is 5.69 Å². The van der Waals surface area contributed by atoms with Gasteiger partial charge in [-0.15, -0.1) is 0 Å². The molecule has 0 unspecified atom stereocenters. The predicted octanol–water partition coefficient (Wildman–Crippen LogP) is 3.12. The van der Waals surface area contributed by atoms with Gasteiger partial charge < -0.3 is 4.42 Å². The first-order valence-electron chi connectivity index (χ1n) is 9.44. The van der Waals surface area contributed by atoms with Crippen molar-refractivity contribution in [2.75, 3.05) is 19.6 Å². The van der Waals surface area contributed by atoms with Crippen molar-refractivity contribution in [3.8, 4) is 5.69 Å². The molecule has 0 spiro atoms. The second-order valence-electron chi connectivity index (χ2n) is 6.98. The molecule has 2 aromatic heterocycles. The van der Waals surface area contributed by atoms with Crippen LogP contribution in [-0.4, -0.2) is 39.3 Å². The molecule has 0 amide bonds. The maximum Gasteiger partial charge on any atom is 0.347 e. The fraction of sp³-hybridized carbons (Fsp3) is 0.333. The Labute approximate surface area is 158 Å². The van der Waals surface area contributed by atoms with E-state index >= 15 is 0 Å². The van der Waals surface area contributed by atoms with Crippen molar-refractivity contribution in [2.24, 2.45) is 5.92 Å². The van der Waals surface area contributed by atoms with Crippen LogP contribution in [0.25, 0.3) is 11.8 Å². The van der Waals surface area contributed by atoms with Gasteiger partial charge >= 0.3 is 5.69 Å². The van der Waals surface area contributed by atoms with E-state index < -0.39 is 0 Å². The van der Waals surface area contributed by atoms with Crippen LogP contribution in [-0.2, 0) is 6.42 Å². The van der Waals surface area contributed by atoms with E-state index in [1.807, 2.05) is 48.5 Å². The third kappa shape index (κ3) is 4.28. The van der Waals surface area contributed by atoms with Gasteiger partial charge in [-0.25, -0.2) is 14.5 Å². The first-order chi connectivity index (χ1) is 13.3. The quantitative estimate of drug-likeness (QED) is 0.730. The summed E-state index contributed by atoms with van der Waals surface area (Å²) in [7, 11) is 0. The molecule has 0 atom stereocenters. The van der Waals surface area contributed by atoms with Gasteiger partial charge in [-0.1, -0.05) is 24.3 Å². The van der Waals surface area contributed by atoms with Gasteiger partial charge in [-0.05, 0) is 62.2 Å². The highest BCUT2D eigenvalue weighted by Gasteiger charge is 2.21.